The van der Waals surface area contributed by atoms with Gasteiger partial charge in [-0.3, -0.25) is 0 Å². The van der Waals surface area contributed by atoms with Crippen LogP contribution in [0.25, 0.3) is 0 Å². The fraction of sp³-hybridized carbons (Fsp3) is 0.667. The zero-order chi connectivity index (χ0) is 17.6. The third-order valence-electron chi connectivity index (χ3n) is 3.79. The summed E-state index contributed by atoms with van der Waals surface area (Å²) >= 11 is 0. The molecule has 1 fully saturated rings. The third kappa shape index (κ3) is 5.58. The zero-order valence-corrected chi connectivity index (χ0v) is 15.2. The summed E-state index contributed by atoms with van der Waals surface area (Å²) in [5.41, 5.74) is 0.457. The SMILES string of the molecule is CCOc1ncccc1NC1CCCN(C(=O)OC(C)(C)C)CC1. The van der Waals surface area contributed by atoms with Gasteiger partial charge in [0.15, 0.2) is 0 Å². The van der Waals surface area contributed by atoms with E-state index < -0.39 is 5.60 Å². The fourth-order valence-corrected chi connectivity index (χ4v) is 2.72. The molecule has 1 N–H and O–H groups in total. The molecule has 0 aromatic carbocycles. The van der Waals surface area contributed by atoms with Gasteiger partial charge >= 0.3 is 6.09 Å². The Morgan fingerprint density at radius 2 is 2.17 bits per heavy atom. The topological polar surface area (TPSA) is 63.7 Å². The Hall–Kier alpha value is -1.98. The van der Waals surface area contributed by atoms with Gasteiger partial charge in [-0.25, -0.2) is 9.78 Å². The van der Waals surface area contributed by atoms with Crippen molar-refractivity contribution in [3.05, 3.63) is 18.3 Å². The lowest BCUT2D eigenvalue weighted by atomic mass is 10.1. The van der Waals surface area contributed by atoms with E-state index in [1.165, 1.54) is 0 Å². The molecule has 0 spiro atoms. The lowest BCUT2D eigenvalue weighted by Crippen LogP contribution is -2.37. The number of aromatic nitrogens is 1. The van der Waals surface area contributed by atoms with Gasteiger partial charge in [0.2, 0.25) is 5.88 Å². The fourth-order valence-electron chi connectivity index (χ4n) is 2.72. The maximum absolute atomic E-state index is 12.2. The number of pyridine rings is 1. The van der Waals surface area contributed by atoms with E-state index in [9.17, 15) is 4.79 Å². The number of rotatable bonds is 4. The molecule has 1 aliphatic heterocycles. The molecule has 1 saturated heterocycles. The number of nitrogens with zero attached hydrogens (tertiary/aromatic N) is 2. The standard InChI is InChI=1S/C18H29N3O3/c1-5-23-16-15(9-6-11-19-16)20-14-8-7-12-21(13-10-14)17(22)24-18(2,3)4/h6,9,11,14,20H,5,7-8,10,12-13H2,1-4H3. The van der Waals surface area contributed by atoms with E-state index in [4.69, 9.17) is 9.47 Å². The van der Waals surface area contributed by atoms with Crippen LogP contribution in [0.2, 0.25) is 0 Å². The van der Waals surface area contributed by atoms with Crippen molar-refractivity contribution in [3.8, 4) is 5.88 Å². The Morgan fingerprint density at radius 3 is 2.88 bits per heavy atom. The van der Waals surface area contributed by atoms with Gasteiger partial charge in [0.1, 0.15) is 5.60 Å². The molecule has 1 aromatic heterocycles. The van der Waals surface area contributed by atoms with Crippen LogP contribution in [0.5, 0.6) is 5.88 Å². The number of ether oxygens (including phenoxy) is 2. The highest BCUT2D eigenvalue weighted by molar-refractivity contribution is 5.68. The van der Waals surface area contributed by atoms with Crippen LogP contribution in [-0.4, -0.2) is 47.3 Å². The van der Waals surface area contributed by atoms with Crippen LogP contribution >= 0.6 is 0 Å². The third-order valence-corrected chi connectivity index (χ3v) is 3.79. The van der Waals surface area contributed by atoms with Crippen LogP contribution < -0.4 is 10.1 Å². The highest BCUT2D eigenvalue weighted by Gasteiger charge is 2.25. The molecule has 0 radical (unpaired) electrons. The second kappa shape index (κ2) is 8.22. The minimum atomic E-state index is -0.455. The molecule has 24 heavy (non-hydrogen) atoms. The number of anilines is 1. The lowest BCUT2D eigenvalue weighted by Gasteiger charge is -2.26. The van der Waals surface area contributed by atoms with Crippen molar-refractivity contribution in [1.82, 2.24) is 9.88 Å². The van der Waals surface area contributed by atoms with Crippen LogP contribution in [0.3, 0.4) is 0 Å². The largest absolute Gasteiger partial charge is 0.476 e. The van der Waals surface area contributed by atoms with Gasteiger partial charge in [-0.15, -0.1) is 0 Å². The Balaban J connectivity index is 1.93. The van der Waals surface area contributed by atoms with Gasteiger partial charge < -0.3 is 19.7 Å². The second-order valence-electron chi connectivity index (χ2n) is 7.03. The Labute approximate surface area is 144 Å². The van der Waals surface area contributed by atoms with Crippen molar-refractivity contribution in [2.75, 3.05) is 25.0 Å². The predicted molar refractivity (Wildman–Crippen MR) is 94.5 cm³/mol. The molecule has 0 saturated carbocycles. The molecule has 0 aliphatic carbocycles. The maximum atomic E-state index is 12.2. The highest BCUT2D eigenvalue weighted by Crippen LogP contribution is 2.24. The summed E-state index contributed by atoms with van der Waals surface area (Å²) in [5.74, 6) is 0.633. The molecule has 2 heterocycles. The molecule has 1 unspecified atom stereocenters. The molecule has 2 rings (SSSR count). The van der Waals surface area contributed by atoms with Gasteiger partial charge in [-0.2, -0.15) is 0 Å². The van der Waals surface area contributed by atoms with Gasteiger partial charge in [0.05, 0.1) is 12.3 Å². The first-order chi connectivity index (χ1) is 11.4. The molecule has 6 nitrogen and oxygen atoms in total. The summed E-state index contributed by atoms with van der Waals surface area (Å²) < 4.78 is 11.0. The van der Waals surface area contributed by atoms with Crippen LogP contribution in [0.15, 0.2) is 18.3 Å². The molecule has 1 aromatic rings. The molecular weight excluding hydrogens is 306 g/mol. The number of nitrogens with one attached hydrogen (secondary N) is 1. The smallest absolute Gasteiger partial charge is 0.410 e. The summed E-state index contributed by atoms with van der Waals surface area (Å²) in [7, 11) is 0. The Kier molecular flexibility index (Phi) is 6.29. The van der Waals surface area contributed by atoms with Gasteiger partial charge in [0, 0.05) is 25.3 Å². The number of carbonyl (C=O) groups is 1. The van der Waals surface area contributed by atoms with Crippen molar-refractivity contribution in [2.45, 2.75) is 58.6 Å². The number of amides is 1. The minimum Gasteiger partial charge on any atom is -0.476 e. The molecule has 1 atom stereocenters. The zero-order valence-electron chi connectivity index (χ0n) is 15.2. The first-order valence-corrected chi connectivity index (χ1v) is 8.71. The van der Waals surface area contributed by atoms with E-state index >= 15 is 0 Å². The van der Waals surface area contributed by atoms with Crippen molar-refractivity contribution < 1.29 is 14.3 Å². The normalized spacial score (nSPS) is 18.7. The summed E-state index contributed by atoms with van der Waals surface area (Å²) in [6.45, 7) is 9.64. The van der Waals surface area contributed by atoms with Crippen LogP contribution in [0.1, 0.15) is 47.0 Å². The van der Waals surface area contributed by atoms with Crippen molar-refractivity contribution in [2.24, 2.45) is 0 Å². The van der Waals surface area contributed by atoms with E-state index in [1.54, 1.807) is 11.1 Å². The van der Waals surface area contributed by atoms with E-state index in [0.717, 1.165) is 31.5 Å². The summed E-state index contributed by atoms with van der Waals surface area (Å²) in [5, 5.41) is 3.52. The monoisotopic (exact) mass is 335 g/mol. The highest BCUT2D eigenvalue weighted by atomic mass is 16.6. The molecule has 1 amide bonds. The number of hydrogen-bond donors (Lipinski definition) is 1. The Bertz CT molecular complexity index is 543. The predicted octanol–water partition coefficient (Wildman–Crippen LogP) is 3.68. The number of likely N-dealkylation sites (tertiary alicyclic amines) is 1. The molecule has 1 aliphatic rings. The lowest BCUT2D eigenvalue weighted by molar-refractivity contribution is 0.0256. The van der Waals surface area contributed by atoms with Crippen LogP contribution in [0.4, 0.5) is 10.5 Å². The van der Waals surface area contributed by atoms with Gasteiger partial charge in [-0.05, 0) is 59.1 Å². The van der Waals surface area contributed by atoms with E-state index in [1.807, 2.05) is 39.8 Å². The van der Waals surface area contributed by atoms with Crippen LogP contribution in [-0.2, 0) is 4.74 Å². The first-order valence-electron chi connectivity index (χ1n) is 8.71. The summed E-state index contributed by atoms with van der Waals surface area (Å²) in [6, 6.07) is 4.17. The maximum Gasteiger partial charge on any atom is 0.410 e. The molecule has 6 heteroatoms. The van der Waals surface area contributed by atoms with Gasteiger partial charge in [-0.1, -0.05) is 0 Å². The quantitative estimate of drug-likeness (QED) is 0.909. The van der Waals surface area contributed by atoms with Crippen molar-refractivity contribution >= 4 is 11.8 Å². The van der Waals surface area contributed by atoms with E-state index in [0.29, 0.717) is 25.1 Å². The molecule has 0 bridgehead atoms. The number of hydrogen-bond acceptors (Lipinski definition) is 5. The summed E-state index contributed by atoms with van der Waals surface area (Å²) in [4.78, 5) is 18.3. The minimum absolute atomic E-state index is 0.223. The number of carbonyl (C=O) groups excluding carboxylic acids is 1. The molecule has 134 valence electrons. The van der Waals surface area contributed by atoms with E-state index in [2.05, 4.69) is 10.3 Å². The van der Waals surface area contributed by atoms with Gasteiger partial charge in [0.25, 0.3) is 0 Å². The molecular formula is C18H29N3O3. The van der Waals surface area contributed by atoms with Crippen LogP contribution in [0, 0.1) is 0 Å². The van der Waals surface area contributed by atoms with Crippen molar-refractivity contribution in [3.63, 3.8) is 0 Å². The summed E-state index contributed by atoms with van der Waals surface area (Å²) in [6.07, 6.45) is 4.33. The van der Waals surface area contributed by atoms with E-state index in [-0.39, 0.29) is 6.09 Å². The average molecular weight is 335 g/mol. The average Bonchev–Trinajstić information content (AvgIpc) is 2.73. The first kappa shape index (κ1) is 18.4. The Morgan fingerprint density at radius 1 is 1.38 bits per heavy atom. The second-order valence-corrected chi connectivity index (χ2v) is 7.03. The van der Waals surface area contributed by atoms with Crippen molar-refractivity contribution in [1.29, 1.82) is 0 Å².